The summed E-state index contributed by atoms with van der Waals surface area (Å²) < 4.78 is 49.8. The van der Waals surface area contributed by atoms with Gasteiger partial charge in [-0.3, -0.25) is 9.58 Å². The zero-order valence-corrected chi connectivity index (χ0v) is 20.9. The van der Waals surface area contributed by atoms with E-state index in [9.17, 15) is 18.3 Å². The number of benzene rings is 1. The molecule has 2 saturated heterocycles. The molecule has 4 heterocycles. The number of anilines is 2. The van der Waals surface area contributed by atoms with Gasteiger partial charge in [-0.1, -0.05) is 0 Å². The molecule has 0 amide bonds. The van der Waals surface area contributed by atoms with Crippen molar-refractivity contribution >= 4 is 22.5 Å². The normalized spacial score (nSPS) is 25.7. The largest absolute Gasteiger partial charge is 0.416 e. The van der Waals surface area contributed by atoms with Gasteiger partial charge in [0.05, 0.1) is 59.6 Å². The molecule has 0 radical (unpaired) electrons. The first-order valence-electron chi connectivity index (χ1n) is 12.8. The summed E-state index contributed by atoms with van der Waals surface area (Å²) in [6.07, 6.45) is 1.46. The third-order valence-electron chi connectivity index (χ3n) is 8.29. The van der Waals surface area contributed by atoms with Crippen molar-refractivity contribution in [2.24, 2.45) is 0 Å². The van der Waals surface area contributed by atoms with Gasteiger partial charge in [-0.25, -0.2) is 9.97 Å². The van der Waals surface area contributed by atoms with E-state index in [1.165, 1.54) is 12.3 Å². The lowest BCUT2D eigenvalue weighted by molar-refractivity contribution is -0.138. The van der Waals surface area contributed by atoms with Crippen molar-refractivity contribution in [2.45, 2.75) is 69.3 Å². The summed E-state index contributed by atoms with van der Waals surface area (Å²) >= 11 is 0. The van der Waals surface area contributed by atoms with E-state index in [-0.39, 0.29) is 18.1 Å². The molecule has 8 nitrogen and oxygen atoms in total. The van der Waals surface area contributed by atoms with Crippen LogP contribution in [0.2, 0.25) is 0 Å². The molecule has 2 atom stereocenters. The molecule has 1 aliphatic carbocycles. The topological polar surface area (TPSA) is 88.3 Å². The molecule has 1 aromatic carbocycles. The van der Waals surface area contributed by atoms with Crippen LogP contribution in [0.15, 0.2) is 24.5 Å². The smallest absolute Gasteiger partial charge is 0.389 e. The molecule has 3 aromatic rings. The molecule has 3 aliphatic rings. The van der Waals surface area contributed by atoms with Crippen LogP contribution in [0.5, 0.6) is 0 Å². The maximum atomic E-state index is 14.1. The molecule has 198 valence electrons. The van der Waals surface area contributed by atoms with E-state index in [1.807, 2.05) is 18.5 Å². The quantitative estimate of drug-likeness (QED) is 0.514. The fourth-order valence-corrected chi connectivity index (χ4v) is 5.75. The molecule has 3 fully saturated rings. The minimum atomic E-state index is -4.48. The Morgan fingerprint density at radius 1 is 1.14 bits per heavy atom. The molecule has 37 heavy (non-hydrogen) atoms. The Morgan fingerprint density at radius 2 is 1.89 bits per heavy atom. The van der Waals surface area contributed by atoms with Gasteiger partial charge in [0.2, 0.25) is 5.95 Å². The van der Waals surface area contributed by atoms with E-state index < -0.39 is 23.4 Å². The van der Waals surface area contributed by atoms with Crippen molar-refractivity contribution in [2.75, 3.05) is 31.6 Å². The van der Waals surface area contributed by atoms with Crippen molar-refractivity contribution < 1.29 is 23.0 Å². The highest BCUT2D eigenvalue weighted by atomic mass is 19.4. The second-order valence-electron chi connectivity index (χ2n) is 10.8. The molecular formula is C26H31F3N6O2. The molecule has 2 aromatic heterocycles. The fraction of sp³-hybridized carbons (Fsp3) is 0.577. The van der Waals surface area contributed by atoms with Crippen molar-refractivity contribution in [1.82, 2.24) is 24.6 Å². The number of alkyl halides is 3. The predicted octanol–water partition coefficient (Wildman–Crippen LogP) is 4.56. The number of nitrogens with zero attached hydrogens (tertiary/aromatic N) is 5. The Hall–Kier alpha value is -2.76. The second-order valence-corrected chi connectivity index (χ2v) is 10.8. The van der Waals surface area contributed by atoms with Gasteiger partial charge in [0.1, 0.15) is 0 Å². The van der Waals surface area contributed by atoms with Gasteiger partial charge < -0.3 is 15.2 Å². The molecule has 11 heteroatoms. The van der Waals surface area contributed by atoms with E-state index in [2.05, 4.69) is 25.3 Å². The summed E-state index contributed by atoms with van der Waals surface area (Å²) in [6.45, 7) is 5.84. The van der Waals surface area contributed by atoms with E-state index >= 15 is 0 Å². The Morgan fingerprint density at radius 3 is 2.54 bits per heavy atom. The number of piperidine rings is 1. The van der Waals surface area contributed by atoms with E-state index in [1.54, 1.807) is 12.3 Å². The number of hydrogen-bond acceptors (Lipinski definition) is 7. The first-order chi connectivity index (χ1) is 17.6. The van der Waals surface area contributed by atoms with Gasteiger partial charge in [0.25, 0.3) is 0 Å². The lowest BCUT2D eigenvalue weighted by Crippen LogP contribution is -2.56. The third kappa shape index (κ3) is 4.46. The van der Waals surface area contributed by atoms with E-state index in [0.29, 0.717) is 55.4 Å². The summed E-state index contributed by atoms with van der Waals surface area (Å²) in [7, 11) is 0. The molecule has 0 bridgehead atoms. The zero-order valence-electron chi connectivity index (χ0n) is 20.9. The SMILES string of the molecule is Cc1c(Nc2ncc3cc(C(F)(F)F)c(C4CCN([C@]5(C)COC[C@@H]5O)CC4)cc3n2)cnn1C1CC1. The number of likely N-dealkylation sites (tertiary alicyclic amines) is 1. The van der Waals surface area contributed by atoms with Crippen LogP contribution in [-0.4, -0.2) is 67.7 Å². The third-order valence-corrected chi connectivity index (χ3v) is 8.29. The maximum Gasteiger partial charge on any atom is 0.416 e. The lowest BCUT2D eigenvalue weighted by atomic mass is 9.83. The number of ether oxygens (including phenoxy) is 1. The monoisotopic (exact) mass is 516 g/mol. The first-order valence-corrected chi connectivity index (χ1v) is 12.8. The minimum absolute atomic E-state index is 0.259. The Kier molecular flexibility index (Phi) is 5.92. The highest BCUT2D eigenvalue weighted by molar-refractivity contribution is 5.81. The van der Waals surface area contributed by atoms with Crippen LogP contribution < -0.4 is 5.32 Å². The highest BCUT2D eigenvalue weighted by Gasteiger charge is 2.45. The number of nitrogens with one attached hydrogen (secondary N) is 1. The molecule has 0 spiro atoms. The number of rotatable bonds is 5. The number of aliphatic hydroxyl groups excluding tert-OH is 1. The first kappa shape index (κ1) is 24.6. The molecule has 2 N–H and O–H groups in total. The summed E-state index contributed by atoms with van der Waals surface area (Å²) in [5, 5.41) is 18.4. The van der Waals surface area contributed by atoms with Crippen LogP contribution >= 0.6 is 0 Å². The Balaban J connectivity index is 1.28. The Labute approximate surface area is 212 Å². The Bertz CT molecular complexity index is 1320. The highest BCUT2D eigenvalue weighted by Crippen LogP contribution is 2.42. The summed E-state index contributed by atoms with van der Waals surface area (Å²) in [4.78, 5) is 11.0. The average Bonchev–Trinajstić information content (AvgIpc) is 3.57. The summed E-state index contributed by atoms with van der Waals surface area (Å²) in [6, 6.07) is 3.20. The number of aromatic nitrogens is 4. The van der Waals surface area contributed by atoms with Crippen molar-refractivity contribution in [3.05, 3.63) is 41.3 Å². The number of fused-ring (bicyclic) bond motifs is 1. The molecule has 0 unspecified atom stereocenters. The maximum absolute atomic E-state index is 14.1. The fourth-order valence-electron chi connectivity index (χ4n) is 5.75. The molecular weight excluding hydrogens is 485 g/mol. The van der Waals surface area contributed by atoms with Gasteiger partial charge in [0, 0.05) is 11.6 Å². The number of halogens is 3. The van der Waals surface area contributed by atoms with Crippen LogP contribution in [0, 0.1) is 6.92 Å². The van der Waals surface area contributed by atoms with Crippen molar-refractivity contribution in [3.8, 4) is 0 Å². The second kappa shape index (κ2) is 8.92. The van der Waals surface area contributed by atoms with Gasteiger partial charge in [0.15, 0.2) is 0 Å². The van der Waals surface area contributed by atoms with Gasteiger partial charge >= 0.3 is 6.18 Å². The van der Waals surface area contributed by atoms with E-state index in [4.69, 9.17) is 4.74 Å². The number of aliphatic hydroxyl groups is 1. The number of hydrogen-bond donors (Lipinski definition) is 2. The van der Waals surface area contributed by atoms with Crippen LogP contribution in [0.4, 0.5) is 24.8 Å². The molecule has 1 saturated carbocycles. The molecule has 2 aliphatic heterocycles. The van der Waals surface area contributed by atoms with Crippen LogP contribution in [0.1, 0.15) is 61.4 Å². The zero-order chi connectivity index (χ0) is 25.9. The van der Waals surface area contributed by atoms with Gasteiger partial charge in [-0.05, 0) is 76.2 Å². The van der Waals surface area contributed by atoms with Crippen LogP contribution in [0.25, 0.3) is 10.9 Å². The van der Waals surface area contributed by atoms with Gasteiger partial charge in [-0.15, -0.1) is 0 Å². The summed E-state index contributed by atoms with van der Waals surface area (Å²) in [5.41, 5.74) is 1.40. The summed E-state index contributed by atoms with van der Waals surface area (Å²) in [5.74, 6) is 0.0698. The van der Waals surface area contributed by atoms with Crippen LogP contribution in [0.3, 0.4) is 0 Å². The van der Waals surface area contributed by atoms with Gasteiger partial charge in [-0.2, -0.15) is 18.3 Å². The van der Waals surface area contributed by atoms with Crippen molar-refractivity contribution in [3.63, 3.8) is 0 Å². The standard InChI is InChI=1S/C26H31F3N6O2/c1-15-22(12-31-35(15)18-3-4-18)33-24-30-11-17-9-20(26(27,28)29)19(10-21(17)32-24)16-5-7-34(8-6-16)25(2)14-37-13-23(25)36/h9-12,16,18,23,36H,3-8,13-14H2,1-2H3,(H,30,32,33)/t23-,25+/m0/s1. The molecule has 6 rings (SSSR count). The predicted molar refractivity (Wildman–Crippen MR) is 132 cm³/mol. The van der Waals surface area contributed by atoms with Crippen molar-refractivity contribution in [1.29, 1.82) is 0 Å². The van der Waals surface area contributed by atoms with Crippen LogP contribution in [-0.2, 0) is 10.9 Å². The van der Waals surface area contributed by atoms with E-state index in [0.717, 1.165) is 24.2 Å². The average molecular weight is 517 g/mol. The minimum Gasteiger partial charge on any atom is -0.389 e. The lowest BCUT2D eigenvalue weighted by Gasteiger charge is -2.44.